The summed E-state index contributed by atoms with van der Waals surface area (Å²) in [5.74, 6) is 0.937. The van der Waals surface area contributed by atoms with Gasteiger partial charge in [-0.15, -0.1) is 0 Å². The lowest BCUT2D eigenvalue weighted by Gasteiger charge is -2.04. The second kappa shape index (κ2) is 3.08. The average molecular weight is 112 g/mol. The molecule has 0 amide bonds. The maximum absolute atomic E-state index is 3.60. The second-order valence-corrected chi connectivity index (χ2v) is 2.60. The fraction of sp³-hybridized carbons (Fsp3) is 0.857. The molecule has 0 aliphatic heterocycles. The Kier molecular flexibility index (Phi) is 2.34. The Morgan fingerprint density at radius 2 is 2.00 bits per heavy atom. The van der Waals surface area contributed by atoms with Crippen LogP contribution in [0.2, 0.25) is 0 Å². The van der Waals surface area contributed by atoms with Crippen LogP contribution in [0.1, 0.15) is 25.7 Å². The predicted octanol–water partition coefficient (Wildman–Crippen LogP) is 1.56. The summed E-state index contributed by atoms with van der Waals surface area (Å²) in [6.45, 7) is 1.12. The van der Waals surface area contributed by atoms with Gasteiger partial charge in [-0.25, -0.2) is 0 Å². The normalized spacial score (nSPS) is 22.1. The lowest BCUT2D eigenvalue weighted by molar-refractivity contribution is 0.526. The quantitative estimate of drug-likeness (QED) is 0.571. The molecule has 0 unspecified atom stereocenters. The number of rotatable bonds is 2. The molecule has 0 bridgehead atoms. The zero-order chi connectivity index (χ0) is 5.82. The molecule has 1 rings (SSSR count). The number of nitrogens with one attached hydrogen (secondary N) is 1. The van der Waals surface area contributed by atoms with E-state index in [1.807, 2.05) is 0 Å². The first-order valence-electron chi connectivity index (χ1n) is 3.43. The third-order valence-corrected chi connectivity index (χ3v) is 1.91. The van der Waals surface area contributed by atoms with Crippen LogP contribution in [-0.4, -0.2) is 6.54 Å². The molecule has 1 fully saturated rings. The van der Waals surface area contributed by atoms with Crippen molar-refractivity contribution in [2.45, 2.75) is 25.7 Å². The zero-order valence-corrected chi connectivity index (χ0v) is 5.32. The van der Waals surface area contributed by atoms with Gasteiger partial charge in [-0.2, -0.15) is 0 Å². The van der Waals surface area contributed by atoms with E-state index in [-0.39, 0.29) is 0 Å². The van der Waals surface area contributed by atoms with Gasteiger partial charge in [0, 0.05) is 7.05 Å². The molecule has 0 heterocycles. The van der Waals surface area contributed by atoms with Crippen LogP contribution in [0.3, 0.4) is 0 Å². The van der Waals surface area contributed by atoms with Crippen molar-refractivity contribution < 1.29 is 0 Å². The third kappa shape index (κ3) is 1.48. The molecule has 1 aliphatic carbocycles. The minimum atomic E-state index is 0.937. The van der Waals surface area contributed by atoms with Gasteiger partial charge in [-0.05, 0) is 25.3 Å². The predicted molar refractivity (Wildman–Crippen MR) is 35.3 cm³/mol. The highest BCUT2D eigenvalue weighted by Gasteiger charge is 2.12. The summed E-state index contributed by atoms with van der Waals surface area (Å²) in [4.78, 5) is 0. The largest absolute Gasteiger partial charge is 0.315 e. The maximum atomic E-state index is 3.60. The summed E-state index contributed by atoms with van der Waals surface area (Å²) >= 11 is 0. The van der Waals surface area contributed by atoms with Gasteiger partial charge in [-0.3, -0.25) is 0 Å². The minimum absolute atomic E-state index is 0.937. The molecular formula is C7H14N. The SMILES string of the molecule is [CH2]NCC1CCCC1. The standard InChI is InChI=1S/C7H14N/c1-8-6-7-4-2-3-5-7/h7-8H,1-6H2. The van der Waals surface area contributed by atoms with Gasteiger partial charge < -0.3 is 5.32 Å². The summed E-state index contributed by atoms with van der Waals surface area (Å²) in [6, 6.07) is 0. The lowest BCUT2D eigenvalue weighted by atomic mass is 10.1. The molecule has 1 saturated carbocycles. The van der Waals surface area contributed by atoms with Crippen LogP contribution in [0.25, 0.3) is 0 Å². The highest BCUT2D eigenvalue weighted by molar-refractivity contribution is 4.68. The Morgan fingerprint density at radius 1 is 1.38 bits per heavy atom. The first kappa shape index (κ1) is 6.09. The Bertz CT molecular complexity index is 55.4. The molecule has 47 valence electrons. The molecule has 0 spiro atoms. The molecule has 0 atom stereocenters. The molecular weight excluding hydrogens is 98.1 g/mol. The molecule has 1 radical (unpaired) electrons. The molecule has 1 N–H and O–H groups in total. The van der Waals surface area contributed by atoms with Crippen LogP contribution in [0, 0.1) is 13.0 Å². The van der Waals surface area contributed by atoms with E-state index in [2.05, 4.69) is 12.4 Å². The highest BCUT2D eigenvalue weighted by atomic mass is 14.8. The van der Waals surface area contributed by atoms with Crippen LogP contribution in [0.5, 0.6) is 0 Å². The fourth-order valence-corrected chi connectivity index (χ4v) is 1.42. The number of hydrogen-bond acceptors (Lipinski definition) is 1. The van der Waals surface area contributed by atoms with Gasteiger partial charge in [0.25, 0.3) is 0 Å². The van der Waals surface area contributed by atoms with E-state index in [1.165, 1.54) is 25.7 Å². The van der Waals surface area contributed by atoms with E-state index in [0.717, 1.165) is 12.5 Å². The summed E-state index contributed by atoms with van der Waals surface area (Å²) in [5, 5.41) is 2.96. The maximum Gasteiger partial charge on any atom is 0.00768 e. The fourth-order valence-electron chi connectivity index (χ4n) is 1.42. The summed E-state index contributed by atoms with van der Waals surface area (Å²) in [5.41, 5.74) is 0. The van der Waals surface area contributed by atoms with Crippen molar-refractivity contribution >= 4 is 0 Å². The van der Waals surface area contributed by atoms with Crippen molar-refractivity contribution in [2.75, 3.05) is 6.54 Å². The van der Waals surface area contributed by atoms with Gasteiger partial charge in [0.2, 0.25) is 0 Å². The van der Waals surface area contributed by atoms with Crippen LogP contribution < -0.4 is 5.32 Å². The van der Waals surface area contributed by atoms with E-state index in [1.54, 1.807) is 0 Å². The van der Waals surface area contributed by atoms with Crippen LogP contribution in [0.4, 0.5) is 0 Å². The second-order valence-electron chi connectivity index (χ2n) is 2.60. The smallest absolute Gasteiger partial charge is 0.00768 e. The Hall–Kier alpha value is -0.0400. The van der Waals surface area contributed by atoms with Crippen LogP contribution >= 0.6 is 0 Å². The van der Waals surface area contributed by atoms with E-state index in [4.69, 9.17) is 0 Å². The molecule has 8 heavy (non-hydrogen) atoms. The summed E-state index contributed by atoms with van der Waals surface area (Å²) in [6.07, 6.45) is 5.71. The first-order chi connectivity index (χ1) is 3.93. The average Bonchev–Trinajstić information content (AvgIpc) is 2.19. The topological polar surface area (TPSA) is 12.0 Å². The summed E-state index contributed by atoms with van der Waals surface area (Å²) in [7, 11) is 3.60. The van der Waals surface area contributed by atoms with Gasteiger partial charge in [0.1, 0.15) is 0 Å². The molecule has 1 nitrogen and oxygen atoms in total. The van der Waals surface area contributed by atoms with Crippen molar-refractivity contribution in [1.82, 2.24) is 5.32 Å². The molecule has 0 aromatic heterocycles. The van der Waals surface area contributed by atoms with Crippen LogP contribution in [-0.2, 0) is 0 Å². The monoisotopic (exact) mass is 112 g/mol. The highest BCUT2D eigenvalue weighted by Crippen LogP contribution is 2.23. The van der Waals surface area contributed by atoms with E-state index in [9.17, 15) is 0 Å². The van der Waals surface area contributed by atoms with Crippen molar-refractivity contribution in [1.29, 1.82) is 0 Å². The minimum Gasteiger partial charge on any atom is -0.315 e. The van der Waals surface area contributed by atoms with Crippen molar-refractivity contribution in [3.05, 3.63) is 7.05 Å². The molecule has 0 aromatic carbocycles. The van der Waals surface area contributed by atoms with E-state index >= 15 is 0 Å². The van der Waals surface area contributed by atoms with Crippen molar-refractivity contribution in [2.24, 2.45) is 5.92 Å². The molecule has 1 aliphatic rings. The Morgan fingerprint density at radius 3 is 2.50 bits per heavy atom. The first-order valence-corrected chi connectivity index (χ1v) is 3.43. The van der Waals surface area contributed by atoms with Crippen molar-refractivity contribution in [3.8, 4) is 0 Å². The summed E-state index contributed by atoms with van der Waals surface area (Å²) < 4.78 is 0. The third-order valence-electron chi connectivity index (χ3n) is 1.91. The van der Waals surface area contributed by atoms with Gasteiger partial charge in [-0.1, -0.05) is 12.8 Å². The van der Waals surface area contributed by atoms with Gasteiger partial charge in [0.05, 0.1) is 0 Å². The van der Waals surface area contributed by atoms with Gasteiger partial charge in [0.15, 0.2) is 0 Å². The number of hydrogen-bond donors (Lipinski definition) is 1. The van der Waals surface area contributed by atoms with E-state index < -0.39 is 0 Å². The lowest BCUT2D eigenvalue weighted by Crippen LogP contribution is -2.13. The molecule has 1 heteroatoms. The van der Waals surface area contributed by atoms with Crippen molar-refractivity contribution in [3.63, 3.8) is 0 Å². The Balaban J connectivity index is 2.06. The van der Waals surface area contributed by atoms with Crippen LogP contribution in [0.15, 0.2) is 0 Å². The van der Waals surface area contributed by atoms with Gasteiger partial charge >= 0.3 is 0 Å². The molecule has 0 aromatic rings. The molecule has 0 saturated heterocycles. The zero-order valence-electron chi connectivity index (χ0n) is 5.32. The Labute approximate surface area is 51.5 Å². The van der Waals surface area contributed by atoms with E-state index in [0.29, 0.717) is 0 Å².